The molecule has 194 valence electrons. The Labute approximate surface area is 218 Å². The van der Waals surface area contributed by atoms with Crippen LogP contribution in [0.25, 0.3) is 0 Å². The first-order valence-electron chi connectivity index (χ1n) is 13.8. The summed E-state index contributed by atoms with van der Waals surface area (Å²) in [6.45, 7) is 12.3. The van der Waals surface area contributed by atoms with E-state index in [-0.39, 0.29) is 11.3 Å². The maximum atomic E-state index is 6.53. The van der Waals surface area contributed by atoms with Crippen molar-refractivity contribution in [3.05, 3.63) is 76.4 Å². The van der Waals surface area contributed by atoms with Crippen molar-refractivity contribution in [1.29, 1.82) is 0 Å². The van der Waals surface area contributed by atoms with E-state index < -0.39 is 0 Å². The molecule has 1 atom stereocenters. The van der Waals surface area contributed by atoms with Crippen molar-refractivity contribution in [2.75, 3.05) is 18.1 Å². The maximum Gasteiger partial charge on any atom is 0.109 e. The number of imidazole rings is 1. The number of nitrogens with two attached hydrogens (primary N) is 1. The normalized spacial score (nSPS) is 16.1. The van der Waals surface area contributed by atoms with Crippen molar-refractivity contribution < 1.29 is 0 Å². The van der Waals surface area contributed by atoms with Gasteiger partial charge in [0.15, 0.2) is 0 Å². The number of nitrogens with zero attached hydrogens (tertiary/aromatic N) is 2. The fourth-order valence-corrected chi connectivity index (χ4v) is 6.15. The molecule has 4 nitrogen and oxygen atoms in total. The van der Waals surface area contributed by atoms with E-state index in [0.717, 1.165) is 30.3 Å². The van der Waals surface area contributed by atoms with Gasteiger partial charge in [-0.2, -0.15) is 0 Å². The lowest BCUT2D eigenvalue weighted by molar-refractivity contribution is 0.357. The lowest BCUT2D eigenvalue weighted by Crippen LogP contribution is -2.21. The highest BCUT2D eigenvalue weighted by atomic mass is 15.1. The van der Waals surface area contributed by atoms with Gasteiger partial charge in [0.2, 0.25) is 0 Å². The molecule has 0 amide bonds. The van der Waals surface area contributed by atoms with Gasteiger partial charge in [0.1, 0.15) is 5.82 Å². The molecule has 0 saturated heterocycles. The molecular weight excluding hydrogens is 440 g/mol. The van der Waals surface area contributed by atoms with Crippen LogP contribution in [0.3, 0.4) is 0 Å². The van der Waals surface area contributed by atoms with Gasteiger partial charge < -0.3 is 15.6 Å². The van der Waals surface area contributed by atoms with Crippen molar-refractivity contribution in [3.8, 4) is 0 Å². The van der Waals surface area contributed by atoms with Crippen molar-refractivity contribution in [1.82, 2.24) is 9.55 Å². The predicted octanol–water partition coefficient (Wildman–Crippen LogP) is 7.86. The maximum absolute atomic E-state index is 6.53. The molecule has 0 radical (unpaired) electrons. The molecule has 1 fully saturated rings. The molecule has 3 aromatic rings. The molecule has 1 unspecified atom stereocenters. The molecule has 1 saturated carbocycles. The molecule has 0 spiro atoms. The van der Waals surface area contributed by atoms with Crippen molar-refractivity contribution in [3.63, 3.8) is 0 Å². The van der Waals surface area contributed by atoms with Gasteiger partial charge in [-0.25, -0.2) is 4.98 Å². The van der Waals surface area contributed by atoms with Crippen LogP contribution in [0.2, 0.25) is 0 Å². The second-order valence-electron chi connectivity index (χ2n) is 12.0. The molecule has 1 aromatic heterocycles. The van der Waals surface area contributed by atoms with Crippen LogP contribution in [0.4, 0.5) is 11.4 Å². The quantitative estimate of drug-likeness (QED) is 0.264. The first-order chi connectivity index (χ1) is 17.2. The Kier molecular flexibility index (Phi) is 8.12. The van der Waals surface area contributed by atoms with Gasteiger partial charge in [-0.05, 0) is 59.1 Å². The van der Waals surface area contributed by atoms with E-state index in [4.69, 9.17) is 10.7 Å². The molecule has 1 aliphatic carbocycles. The molecule has 1 heterocycles. The van der Waals surface area contributed by atoms with Crippen LogP contribution in [0.15, 0.2) is 42.7 Å². The lowest BCUT2D eigenvalue weighted by Gasteiger charge is -2.34. The second-order valence-corrected chi connectivity index (χ2v) is 12.0. The summed E-state index contributed by atoms with van der Waals surface area (Å²) >= 11 is 0. The number of nitrogens with one attached hydrogen (secondary N) is 1. The number of aryl methyl sites for hydroxylation is 1. The van der Waals surface area contributed by atoms with Gasteiger partial charge in [-0.15, -0.1) is 0 Å². The molecule has 1 aliphatic rings. The first kappa shape index (κ1) is 26.3. The van der Waals surface area contributed by atoms with E-state index in [1.165, 1.54) is 72.2 Å². The number of anilines is 2. The third-order valence-electron chi connectivity index (χ3n) is 8.30. The van der Waals surface area contributed by atoms with E-state index in [9.17, 15) is 0 Å². The minimum absolute atomic E-state index is 0.0462. The number of hydrogen-bond donors (Lipinski definition) is 2. The molecule has 4 rings (SSSR count). The summed E-state index contributed by atoms with van der Waals surface area (Å²) in [7, 11) is 1.93. The number of benzene rings is 2. The van der Waals surface area contributed by atoms with Gasteiger partial charge >= 0.3 is 0 Å². The van der Waals surface area contributed by atoms with Crippen molar-refractivity contribution in [2.24, 2.45) is 11.3 Å². The van der Waals surface area contributed by atoms with Crippen molar-refractivity contribution >= 4 is 11.4 Å². The molecule has 0 aliphatic heterocycles. The zero-order valence-corrected chi connectivity index (χ0v) is 23.3. The molecule has 2 aromatic carbocycles. The summed E-state index contributed by atoms with van der Waals surface area (Å²) in [6.07, 6.45) is 13.5. The third kappa shape index (κ3) is 5.79. The Hall–Kier alpha value is -2.75. The summed E-state index contributed by atoms with van der Waals surface area (Å²) in [5.41, 5.74) is 15.0. The monoisotopic (exact) mass is 486 g/mol. The van der Waals surface area contributed by atoms with Crippen LogP contribution >= 0.6 is 0 Å². The van der Waals surface area contributed by atoms with Crippen LogP contribution in [0.1, 0.15) is 98.9 Å². The van der Waals surface area contributed by atoms with Gasteiger partial charge in [-0.3, -0.25) is 0 Å². The molecule has 36 heavy (non-hydrogen) atoms. The fraction of sp³-hybridized carbons (Fsp3) is 0.531. The number of rotatable bonds is 7. The summed E-state index contributed by atoms with van der Waals surface area (Å²) in [5, 5.41) is 3.23. The average molecular weight is 487 g/mol. The highest BCUT2D eigenvalue weighted by Gasteiger charge is 2.30. The van der Waals surface area contributed by atoms with Crippen LogP contribution < -0.4 is 11.1 Å². The topological polar surface area (TPSA) is 55.9 Å². The predicted molar refractivity (Wildman–Crippen MR) is 154 cm³/mol. The highest BCUT2D eigenvalue weighted by molar-refractivity contribution is 5.72. The Morgan fingerprint density at radius 3 is 2.44 bits per heavy atom. The van der Waals surface area contributed by atoms with Crippen LogP contribution in [-0.2, 0) is 13.0 Å². The second kappa shape index (κ2) is 11.1. The smallest absolute Gasteiger partial charge is 0.109 e. The summed E-state index contributed by atoms with van der Waals surface area (Å²) in [5.74, 6) is 2.27. The van der Waals surface area contributed by atoms with Crippen LogP contribution in [0.5, 0.6) is 0 Å². The fourth-order valence-electron chi connectivity index (χ4n) is 6.15. The minimum Gasteiger partial charge on any atom is -0.397 e. The van der Waals surface area contributed by atoms with Gasteiger partial charge in [-0.1, -0.05) is 83.6 Å². The van der Waals surface area contributed by atoms with E-state index in [1.54, 1.807) is 0 Å². The van der Waals surface area contributed by atoms with Gasteiger partial charge in [0.25, 0.3) is 0 Å². The molecule has 4 heteroatoms. The van der Waals surface area contributed by atoms with E-state index in [2.05, 4.69) is 81.0 Å². The lowest BCUT2D eigenvalue weighted by atomic mass is 9.71. The van der Waals surface area contributed by atoms with E-state index >= 15 is 0 Å². The zero-order chi connectivity index (χ0) is 25.9. The number of aromatic nitrogens is 2. The Morgan fingerprint density at radius 2 is 1.78 bits per heavy atom. The number of nitrogen functional groups attached to an aromatic ring is 1. The zero-order valence-electron chi connectivity index (χ0n) is 23.3. The summed E-state index contributed by atoms with van der Waals surface area (Å²) in [6, 6.07) is 11.4. The first-order valence-corrected chi connectivity index (χ1v) is 13.8. The van der Waals surface area contributed by atoms with Crippen LogP contribution in [-0.4, -0.2) is 16.6 Å². The summed E-state index contributed by atoms with van der Waals surface area (Å²) in [4.78, 5) is 4.79. The SMILES string of the molecule is CNc1ccc(C(c2ccc(C)c(Cn3ccnc3CC3CCCCCC3)c2)C(C)(C)C)c(C)c1N. The number of hydrogen-bond acceptors (Lipinski definition) is 3. The highest BCUT2D eigenvalue weighted by Crippen LogP contribution is 2.44. The van der Waals surface area contributed by atoms with E-state index in [0.29, 0.717) is 0 Å². The standard InChI is InChI=1S/C32H46N4/c1-22-13-14-25(30(32(3,4)5)27-15-16-28(34-6)31(33)23(27)2)20-26(22)21-36-18-17-35-29(36)19-24-11-9-7-8-10-12-24/h13-18,20,24,30,34H,7-12,19,21,33H2,1-6H3. The minimum atomic E-state index is 0.0462. The van der Waals surface area contributed by atoms with E-state index in [1.807, 2.05) is 13.2 Å². The molecule has 0 bridgehead atoms. The van der Waals surface area contributed by atoms with Crippen molar-refractivity contribution in [2.45, 2.75) is 92.0 Å². The largest absolute Gasteiger partial charge is 0.397 e. The average Bonchev–Trinajstić information content (AvgIpc) is 3.09. The Bertz CT molecular complexity index is 1160. The Balaban J connectivity index is 1.65. The van der Waals surface area contributed by atoms with Gasteiger partial charge in [0, 0.05) is 38.3 Å². The third-order valence-corrected chi connectivity index (χ3v) is 8.30. The molecular formula is C32H46N4. The Morgan fingerprint density at radius 1 is 1.06 bits per heavy atom. The summed E-state index contributed by atoms with van der Waals surface area (Å²) < 4.78 is 2.38. The van der Waals surface area contributed by atoms with Crippen LogP contribution in [0, 0.1) is 25.2 Å². The molecule has 3 N–H and O–H groups in total. The van der Waals surface area contributed by atoms with Gasteiger partial charge in [0.05, 0.1) is 11.4 Å².